The monoisotopic (exact) mass is 358 g/mol. The van der Waals surface area contributed by atoms with Crippen LogP contribution in [0.1, 0.15) is 23.1 Å². The number of carbonyl (C=O) groups is 1. The predicted octanol–water partition coefficient (Wildman–Crippen LogP) is 2.17. The van der Waals surface area contributed by atoms with Crippen molar-refractivity contribution >= 4 is 21.8 Å². The van der Waals surface area contributed by atoms with Crippen molar-refractivity contribution in [1.29, 1.82) is 0 Å². The van der Waals surface area contributed by atoms with Gasteiger partial charge >= 0.3 is 5.97 Å². The SMILES string of the molecule is Cc1cccc(COC(=O)CCN=C2NS(=O)(=O)c3ccccc32)c1. The Morgan fingerprint density at radius 3 is 2.76 bits per heavy atom. The zero-order valence-corrected chi connectivity index (χ0v) is 14.5. The van der Waals surface area contributed by atoms with E-state index in [0.717, 1.165) is 11.1 Å². The van der Waals surface area contributed by atoms with Crippen LogP contribution in [-0.4, -0.2) is 26.8 Å². The quantitative estimate of drug-likeness (QED) is 0.830. The molecule has 0 bridgehead atoms. The van der Waals surface area contributed by atoms with E-state index in [1.54, 1.807) is 18.2 Å². The largest absolute Gasteiger partial charge is 0.461 e. The van der Waals surface area contributed by atoms with Crippen LogP contribution in [-0.2, 0) is 26.2 Å². The van der Waals surface area contributed by atoms with Crippen molar-refractivity contribution in [3.63, 3.8) is 0 Å². The van der Waals surface area contributed by atoms with Crippen LogP contribution in [0.5, 0.6) is 0 Å². The number of aryl methyl sites for hydroxylation is 1. The number of fused-ring (bicyclic) bond motifs is 1. The fraction of sp³-hybridized carbons (Fsp3) is 0.222. The minimum atomic E-state index is -3.55. The van der Waals surface area contributed by atoms with Gasteiger partial charge in [0.2, 0.25) is 0 Å². The second kappa shape index (κ2) is 7.06. The van der Waals surface area contributed by atoms with Crippen LogP contribution in [0.15, 0.2) is 58.4 Å². The van der Waals surface area contributed by atoms with Crippen molar-refractivity contribution in [2.75, 3.05) is 6.54 Å². The lowest BCUT2D eigenvalue weighted by atomic mass is 10.1. The highest BCUT2D eigenvalue weighted by Crippen LogP contribution is 2.22. The third kappa shape index (κ3) is 4.06. The van der Waals surface area contributed by atoms with E-state index >= 15 is 0 Å². The molecule has 6 nitrogen and oxygen atoms in total. The van der Waals surface area contributed by atoms with Gasteiger partial charge in [0, 0.05) is 5.56 Å². The smallest absolute Gasteiger partial charge is 0.308 e. The molecule has 1 aliphatic rings. The number of benzene rings is 2. The van der Waals surface area contributed by atoms with Gasteiger partial charge in [-0.25, -0.2) is 8.42 Å². The Hall–Kier alpha value is -2.67. The molecule has 1 aliphatic heterocycles. The molecule has 7 heteroatoms. The van der Waals surface area contributed by atoms with Crippen LogP contribution < -0.4 is 4.72 Å². The van der Waals surface area contributed by atoms with E-state index in [9.17, 15) is 13.2 Å². The summed E-state index contributed by atoms with van der Waals surface area (Å²) in [7, 11) is -3.55. The number of ether oxygens (including phenoxy) is 1. The van der Waals surface area contributed by atoms with Crippen LogP contribution in [0.4, 0.5) is 0 Å². The Bertz CT molecular complexity index is 936. The fourth-order valence-corrected chi connectivity index (χ4v) is 3.80. The van der Waals surface area contributed by atoms with Crippen molar-refractivity contribution in [1.82, 2.24) is 4.72 Å². The van der Waals surface area contributed by atoms with E-state index in [1.165, 1.54) is 6.07 Å². The molecule has 1 N–H and O–H groups in total. The van der Waals surface area contributed by atoms with E-state index in [2.05, 4.69) is 9.71 Å². The average molecular weight is 358 g/mol. The lowest BCUT2D eigenvalue weighted by Gasteiger charge is -2.05. The molecule has 3 rings (SSSR count). The molecule has 0 amide bonds. The summed E-state index contributed by atoms with van der Waals surface area (Å²) in [6, 6.07) is 14.3. The van der Waals surface area contributed by atoms with Crippen LogP contribution in [0, 0.1) is 6.92 Å². The molecule has 0 fully saturated rings. The predicted molar refractivity (Wildman–Crippen MR) is 93.8 cm³/mol. The number of sulfonamides is 1. The third-order valence-corrected chi connectivity index (χ3v) is 5.13. The molecule has 0 saturated heterocycles. The number of nitrogens with one attached hydrogen (secondary N) is 1. The van der Waals surface area contributed by atoms with Crippen molar-refractivity contribution in [3.8, 4) is 0 Å². The van der Waals surface area contributed by atoms with Gasteiger partial charge in [-0.05, 0) is 24.6 Å². The molecule has 0 saturated carbocycles. The van der Waals surface area contributed by atoms with Crippen molar-refractivity contribution in [2.45, 2.75) is 24.8 Å². The first-order valence-electron chi connectivity index (χ1n) is 7.83. The van der Waals surface area contributed by atoms with Gasteiger partial charge in [0.25, 0.3) is 10.0 Å². The molecule has 0 unspecified atom stereocenters. The van der Waals surface area contributed by atoms with Gasteiger partial charge in [-0.15, -0.1) is 0 Å². The molecule has 0 aromatic heterocycles. The summed E-state index contributed by atoms with van der Waals surface area (Å²) < 4.78 is 31.5. The maximum Gasteiger partial charge on any atom is 0.308 e. The lowest BCUT2D eigenvalue weighted by molar-refractivity contribution is -0.144. The number of nitrogens with zero attached hydrogens (tertiary/aromatic N) is 1. The summed E-state index contributed by atoms with van der Waals surface area (Å²) in [6.07, 6.45) is 0.0825. The minimum absolute atomic E-state index is 0.0825. The topological polar surface area (TPSA) is 84.8 Å². The minimum Gasteiger partial charge on any atom is -0.461 e. The Balaban J connectivity index is 1.56. The van der Waals surface area contributed by atoms with Gasteiger partial charge < -0.3 is 4.74 Å². The molecule has 25 heavy (non-hydrogen) atoms. The summed E-state index contributed by atoms with van der Waals surface area (Å²) in [5.41, 5.74) is 2.56. The molecule has 0 atom stereocenters. The first-order valence-corrected chi connectivity index (χ1v) is 9.32. The molecule has 0 spiro atoms. The Morgan fingerprint density at radius 1 is 1.16 bits per heavy atom. The normalized spacial score (nSPS) is 16.3. The summed E-state index contributed by atoms with van der Waals surface area (Å²) in [6.45, 7) is 2.34. The number of esters is 1. The number of rotatable bonds is 5. The second-order valence-electron chi connectivity index (χ2n) is 5.73. The Kier molecular flexibility index (Phi) is 4.85. The maximum absolute atomic E-state index is 12.0. The van der Waals surface area contributed by atoms with E-state index in [4.69, 9.17) is 4.74 Å². The van der Waals surface area contributed by atoms with Crippen LogP contribution in [0.2, 0.25) is 0 Å². The average Bonchev–Trinajstić information content (AvgIpc) is 2.84. The second-order valence-corrected chi connectivity index (χ2v) is 7.38. The van der Waals surface area contributed by atoms with Crippen molar-refractivity contribution in [3.05, 3.63) is 65.2 Å². The number of hydrogen-bond acceptors (Lipinski definition) is 5. The highest BCUT2D eigenvalue weighted by molar-refractivity contribution is 7.90. The van der Waals surface area contributed by atoms with Gasteiger partial charge in [-0.1, -0.05) is 42.0 Å². The van der Waals surface area contributed by atoms with E-state index in [0.29, 0.717) is 5.56 Å². The Labute approximate surface area is 146 Å². The van der Waals surface area contributed by atoms with Crippen molar-refractivity contribution < 1.29 is 17.9 Å². The van der Waals surface area contributed by atoms with E-state index in [1.807, 2.05) is 31.2 Å². The number of amidine groups is 1. The van der Waals surface area contributed by atoms with Gasteiger partial charge in [0.1, 0.15) is 12.4 Å². The first-order chi connectivity index (χ1) is 12.0. The Morgan fingerprint density at radius 2 is 1.96 bits per heavy atom. The first kappa shape index (κ1) is 17.2. The highest BCUT2D eigenvalue weighted by atomic mass is 32.2. The molecular formula is C18H18N2O4S. The van der Waals surface area contributed by atoms with E-state index < -0.39 is 10.0 Å². The van der Waals surface area contributed by atoms with Gasteiger partial charge in [0.05, 0.1) is 17.9 Å². The van der Waals surface area contributed by atoms with Gasteiger partial charge in [-0.3, -0.25) is 14.5 Å². The number of hydrogen-bond donors (Lipinski definition) is 1. The molecule has 1 heterocycles. The molecule has 0 aliphatic carbocycles. The van der Waals surface area contributed by atoms with Crippen LogP contribution in [0.3, 0.4) is 0 Å². The molecule has 130 valence electrons. The zero-order chi connectivity index (χ0) is 17.9. The summed E-state index contributed by atoms with van der Waals surface area (Å²) >= 11 is 0. The summed E-state index contributed by atoms with van der Waals surface area (Å²) in [4.78, 5) is 16.2. The zero-order valence-electron chi connectivity index (χ0n) is 13.7. The fourth-order valence-electron chi connectivity index (χ4n) is 2.55. The van der Waals surface area contributed by atoms with E-state index in [-0.39, 0.29) is 36.3 Å². The van der Waals surface area contributed by atoms with Crippen molar-refractivity contribution in [2.24, 2.45) is 4.99 Å². The summed E-state index contributed by atoms with van der Waals surface area (Å²) in [5.74, 6) is -0.109. The van der Waals surface area contributed by atoms with Crippen LogP contribution in [0.25, 0.3) is 0 Å². The lowest BCUT2D eigenvalue weighted by Crippen LogP contribution is -2.22. The number of aliphatic imine (C=N–C) groups is 1. The summed E-state index contributed by atoms with van der Waals surface area (Å²) in [5, 5.41) is 0. The maximum atomic E-state index is 12.0. The molecule has 2 aromatic rings. The third-order valence-electron chi connectivity index (χ3n) is 3.73. The standard InChI is InChI=1S/C18H18N2O4S/c1-13-5-4-6-14(11-13)12-24-17(21)9-10-19-18-15-7-2-3-8-16(15)25(22,23)20-18/h2-8,11H,9-10,12H2,1H3,(H,19,20). The molecule has 0 radical (unpaired) electrons. The number of carbonyl (C=O) groups excluding carboxylic acids is 1. The molecule has 2 aromatic carbocycles. The molecular weight excluding hydrogens is 340 g/mol. The van der Waals surface area contributed by atoms with Gasteiger partial charge in [-0.2, -0.15) is 0 Å². The van der Waals surface area contributed by atoms with Crippen LogP contribution >= 0.6 is 0 Å². The highest BCUT2D eigenvalue weighted by Gasteiger charge is 2.29. The van der Waals surface area contributed by atoms with Gasteiger partial charge in [0.15, 0.2) is 0 Å².